The minimum absolute atomic E-state index is 0.888. The highest BCUT2D eigenvalue weighted by atomic mass is 15.1. The van der Waals surface area contributed by atoms with Crippen molar-refractivity contribution < 1.29 is 0 Å². The first-order chi connectivity index (χ1) is 7.79. The Labute approximate surface area is 101 Å². The Balaban J connectivity index is 1.72. The van der Waals surface area contributed by atoms with Crippen LogP contribution in [0.15, 0.2) is 0 Å². The maximum atomic E-state index is 3.39. The molecule has 0 aromatic carbocycles. The smallest absolute Gasteiger partial charge is 0.00106 e. The summed E-state index contributed by atoms with van der Waals surface area (Å²) in [7, 11) is 0. The first-order valence-electron chi connectivity index (χ1n) is 7.22. The predicted octanol–water partition coefficient (Wildman–Crippen LogP) is 2.35. The van der Waals surface area contributed by atoms with E-state index < -0.39 is 0 Å². The van der Waals surface area contributed by atoms with Crippen LogP contribution in [0.3, 0.4) is 0 Å². The normalized spacial score (nSPS) is 30.8. The molecule has 0 aromatic rings. The lowest BCUT2D eigenvalue weighted by atomic mass is 9.88. The molecule has 2 heterocycles. The van der Waals surface area contributed by atoms with Crippen LogP contribution in [0.4, 0.5) is 0 Å². The molecule has 16 heavy (non-hydrogen) atoms. The second kappa shape index (κ2) is 6.02. The molecule has 2 heteroatoms. The first kappa shape index (κ1) is 12.4. The number of hydrogen-bond acceptors (Lipinski definition) is 2. The summed E-state index contributed by atoms with van der Waals surface area (Å²) in [4.78, 5) is 2.72. The van der Waals surface area contributed by atoms with Gasteiger partial charge in [0.2, 0.25) is 0 Å². The van der Waals surface area contributed by atoms with E-state index in [0.29, 0.717) is 0 Å². The summed E-state index contributed by atoms with van der Waals surface area (Å²) >= 11 is 0. The van der Waals surface area contributed by atoms with Gasteiger partial charge < -0.3 is 10.2 Å². The van der Waals surface area contributed by atoms with Crippen molar-refractivity contribution in [2.75, 3.05) is 32.7 Å². The van der Waals surface area contributed by atoms with Crippen LogP contribution in [-0.4, -0.2) is 37.6 Å². The van der Waals surface area contributed by atoms with E-state index in [2.05, 4.69) is 24.1 Å². The molecule has 2 unspecified atom stereocenters. The zero-order chi connectivity index (χ0) is 11.4. The van der Waals surface area contributed by atoms with Gasteiger partial charge in [-0.15, -0.1) is 0 Å². The summed E-state index contributed by atoms with van der Waals surface area (Å²) in [6, 6.07) is 0. The lowest BCUT2D eigenvalue weighted by Gasteiger charge is -2.35. The molecule has 2 aliphatic rings. The molecule has 0 aromatic heterocycles. The van der Waals surface area contributed by atoms with Crippen LogP contribution < -0.4 is 5.32 Å². The van der Waals surface area contributed by atoms with Crippen LogP contribution in [0.25, 0.3) is 0 Å². The van der Waals surface area contributed by atoms with Gasteiger partial charge in [0.1, 0.15) is 0 Å². The van der Waals surface area contributed by atoms with Crippen molar-refractivity contribution in [2.24, 2.45) is 17.8 Å². The minimum Gasteiger partial charge on any atom is -0.316 e. The summed E-state index contributed by atoms with van der Waals surface area (Å²) in [6.45, 7) is 11.3. The third-order valence-corrected chi connectivity index (χ3v) is 4.68. The van der Waals surface area contributed by atoms with Crippen molar-refractivity contribution in [3.8, 4) is 0 Å². The Morgan fingerprint density at radius 2 is 2.06 bits per heavy atom. The molecule has 94 valence electrons. The Hall–Kier alpha value is -0.0800. The third-order valence-electron chi connectivity index (χ3n) is 4.68. The molecule has 0 spiro atoms. The summed E-state index contributed by atoms with van der Waals surface area (Å²) < 4.78 is 0. The van der Waals surface area contributed by atoms with E-state index in [0.717, 1.165) is 17.8 Å². The zero-order valence-electron chi connectivity index (χ0n) is 11.0. The van der Waals surface area contributed by atoms with E-state index in [1.165, 1.54) is 58.4 Å². The molecule has 2 rings (SSSR count). The molecule has 2 nitrogen and oxygen atoms in total. The van der Waals surface area contributed by atoms with Crippen LogP contribution in [0, 0.1) is 17.8 Å². The molecule has 2 aliphatic heterocycles. The van der Waals surface area contributed by atoms with Gasteiger partial charge in [-0.2, -0.15) is 0 Å². The van der Waals surface area contributed by atoms with Gasteiger partial charge in [0.05, 0.1) is 0 Å². The third kappa shape index (κ3) is 3.21. The molecular weight excluding hydrogens is 196 g/mol. The van der Waals surface area contributed by atoms with Gasteiger partial charge in [0, 0.05) is 6.54 Å². The van der Waals surface area contributed by atoms with E-state index in [4.69, 9.17) is 0 Å². The van der Waals surface area contributed by atoms with E-state index >= 15 is 0 Å². The Morgan fingerprint density at radius 1 is 1.25 bits per heavy atom. The second-order valence-electron chi connectivity index (χ2n) is 5.90. The fourth-order valence-electron chi connectivity index (χ4n) is 3.09. The highest BCUT2D eigenvalue weighted by molar-refractivity contribution is 4.82. The Bertz CT molecular complexity index is 201. The molecule has 2 atom stereocenters. The predicted molar refractivity (Wildman–Crippen MR) is 69.6 cm³/mol. The number of hydrogen-bond donors (Lipinski definition) is 1. The second-order valence-corrected chi connectivity index (χ2v) is 5.90. The minimum atomic E-state index is 0.888. The quantitative estimate of drug-likeness (QED) is 0.788. The highest BCUT2D eigenvalue weighted by Gasteiger charge is 2.25. The van der Waals surface area contributed by atoms with Crippen LogP contribution >= 0.6 is 0 Å². The van der Waals surface area contributed by atoms with Crippen molar-refractivity contribution in [2.45, 2.75) is 39.5 Å². The van der Waals surface area contributed by atoms with Gasteiger partial charge >= 0.3 is 0 Å². The fourth-order valence-corrected chi connectivity index (χ4v) is 3.09. The van der Waals surface area contributed by atoms with E-state index in [1.807, 2.05) is 0 Å². The highest BCUT2D eigenvalue weighted by Crippen LogP contribution is 2.23. The molecule has 2 fully saturated rings. The largest absolute Gasteiger partial charge is 0.316 e. The van der Waals surface area contributed by atoms with Crippen LogP contribution in [0.2, 0.25) is 0 Å². The van der Waals surface area contributed by atoms with Gasteiger partial charge in [-0.3, -0.25) is 0 Å². The average Bonchev–Trinajstić information content (AvgIpc) is 2.40. The molecule has 0 radical (unpaired) electrons. The van der Waals surface area contributed by atoms with Crippen LogP contribution in [0.1, 0.15) is 39.5 Å². The number of likely N-dealkylation sites (tertiary alicyclic amines) is 1. The maximum absolute atomic E-state index is 3.39. The van der Waals surface area contributed by atoms with E-state index in [-0.39, 0.29) is 0 Å². The SMILES string of the molecule is CCC1CCCN(CC(C)C2CNC2)CC1. The first-order valence-corrected chi connectivity index (χ1v) is 7.22. The van der Waals surface area contributed by atoms with Gasteiger partial charge in [-0.25, -0.2) is 0 Å². The van der Waals surface area contributed by atoms with Gasteiger partial charge in [0.25, 0.3) is 0 Å². The van der Waals surface area contributed by atoms with Gasteiger partial charge in [0.15, 0.2) is 0 Å². The zero-order valence-corrected chi connectivity index (χ0v) is 11.0. The summed E-state index contributed by atoms with van der Waals surface area (Å²) in [5.41, 5.74) is 0. The standard InChI is InChI=1S/C14H28N2/c1-3-13-5-4-7-16(8-6-13)11-12(2)14-9-15-10-14/h12-15H,3-11H2,1-2H3. The van der Waals surface area contributed by atoms with Crippen molar-refractivity contribution in [3.63, 3.8) is 0 Å². The molecule has 1 N–H and O–H groups in total. The van der Waals surface area contributed by atoms with E-state index in [9.17, 15) is 0 Å². The number of nitrogens with zero attached hydrogens (tertiary/aromatic N) is 1. The van der Waals surface area contributed by atoms with Crippen LogP contribution in [-0.2, 0) is 0 Å². The molecule has 0 saturated carbocycles. The fraction of sp³-hybridized carbons (Fsp3) is 1.00. The monoisotopic (exact) mass is 224 g/mol. The van der Waals surface area contributed by atoms with Crippen molar-refractivity contribution >= 4 is 0 Å². The lowest BCUT2D eigenvalue weighted by molar-refractivity contribution is 0.168. The number of nitrogens with one attached hydrogen (secondary N) is 1. The summed E-state index contributed by atoms with van der Waals surface area (Å²) in [6.07, 6.45) is 5.71. The maximum Gasteiger partial charge on any atom is 0.00106 e. The summed E-state index contributed by atoms with van der Waals surface area (Å²) in [5.74, 6) is 2.84. The Morgan fingerprint density at radius 3 is 2.69 bits per heavy atom. The van der Waals surface area contributed by atoms with E-state index in [1.54, 1.807) is 0 Å². The topological polar surface area (TPSA) is 15.3 Å². The number of rotatable bonds is 4. The Kier molecular flexibility index (Phi) is 4.66. The van der Waals surface area contributed by atoms with Crippen LogP contribution in [0.5, 0.6) is 0 Å². The van der Waals surface area contributed by atoms with Crippen molar-refractivity contribution in [1.82, 2.24) is 10.2 Å². The molecule has 2 saturated heterocycles. The molecule has 0 bridgehead atoms. The molecular formula is C14H28N2. The van der Waals surface area contributed by atoms with Gasteiger partial charge in [-0.05, 0) is 63.2 Å². The average molecular weight is 224 g/mol. The molecule has 0 aliphatic carbocycles. The lowest BCUT2D eigenvalue weighted by Crippen LogP contribution is -2.48. The van der Waals surface area contributed by atoms with Gasteiger partial charge in [-0.1, -0.05) is 20.3 Å². The summed E-state index contributed by atoms with van der Waals surface area (Å²) in [5, 5.41) is 3.39. The molecule has 0 amide bonds. The van der Waals surface area contributed by atoms with Crippen molar-refractivity contribution in [1.29, 1.82) is 0 Å². The van der Waals surface area contributed by atoms with Crippen molar-refractivity contribution in [3.05, 3.63) is 0 Å².